The van der Waals surface area contributed by atoms with E-state index in [2.05, 4.69) is 10.3 Å². The van der Waals surface area contributed by atoms with Crippen LogP contribution in [0.2, 0.25) is 5.02 Å². The molecule has 0 unspecified atom stereocenters. The van der Waals surface area contributed by atoms with Crippen LogP contribution in [0.4, 0.5) is 0 Å². The third-order valence-corrected chi connectivity index (χ3v) is 3.64. The molecule has 0 aliphatic heterocycles. The number of hydrogen-bond donors (Lipinski definition) is 2. The van der Waals surface area contributed by atoms with Crippen molar-refractivity contribution in [2.24, 2.45) is 0 Å². The van der Waals surface area contributed by atoms with Gasteiger partial charge in [-0.2, -0.15) is 0 Å². The number of hydrogen-bond acceptors (Lipinski definition) is 2. The van der Waals surface area contributed by atoms with Gasteiger partial charge in [-0.05, 0) is 18.2 Å². The molecule has 0 aliphatic rings. The zero-order chi connectivity index (χ0) is 13.1. The molecule has 0 bridgehead atoms. The van der Waals surface area contributed by atoms with Crippen LogP contribution in [-0.2, 0) is 10.8 Å². The van der Waals surface area contributed by atoms with Crippen LogP contribution in [-0.4, -0.2) is 33.7 Å². The molecule has 2 rings (SSSR count). The zero-order valence-electron chi connectivity index (χ0n) is 9.83. The van der Waals surface area contributed by atoms with Crippen molar-refractivity contribution in [3.05, 3.63) is 35.0 Å². The largest absolute Gasteiger partial charge is 0.350 e. The Kier molecular flexibility index (Phi) is 4.04. The number of carbonyl (C=O) groups is 1. The van der Waals surface area contributed by atoms with Gasteiger partial charge in [0.15, 0.2) is 0 Å². The standard InChI is InChI=1S/C12H13ClN2O2S/c1-18(17)6-5-14-12(16)11-7-8-9(13)3-2-4-10(8)15-11/h2-4,7,15H,5-6H2,1H3,(H,14,16)/t18-/m0/s1. The Morgan fingerprint density at radius 1 is 1.50 bits per heavy atom. The van der Waals surface area contributed by atoms with Gasteiger partial charge in [0.05, 0.1) is 0 Å². The molecule has 0 saturated carbocycles. The summed E-state index contributed by atoms with van der Waals surface area (Å²) in [5.74, 6) is 0.236. The number of fused-ring (bicyclic) bond motifs is 1. The van der Waals surface area contributed by atoms with Crippen molar-refractivity contribution in [3.63, 3.8) is 0 Å². The molecule has 0 saturated heterocycles. The van der Waals surface area contributed by atoms with Gasteiger partial charge in [-0.1, -0.05) is 17.7 Å². The quantitative estimate of drug-likeness (QED) is 0.901. The molecule has 1 heterocycles. The minimum atomic E-state index is -0.903. The summed E-state index contributed by atoms with van der Waals surface area (Å²) < 4.78 is 10.9. The maximum absolute atomic E-state index is 11.8. The summed E-state index contributed by atoms with van der Waals surface area (Å²) in [5.41, 5.74) is 1.28. The van der Waals surface area contributed by atoms with Crippen LogP contribution in [0.1, 0.15) is 10.5 Å². The number of halogens is 1. The molecule has 2 N–H and O–H groups in total. The van der Waals surface area contributed by atoms with Gasteiger partial charge in [0.25, 0.3) is 5.91 Å². The summed E-state index contributed by atoms with van der Waals surface area (Å²) in [7, 11) is -0.903. The van der Waals surface area contributed by atoms with E-state index in [1.54, 1.807) is 18.4 Å². The van der Waals surface area contributed by atoms with Crippen molar-refractivity contribution in [2.75, 3.05) is 18.6 Å². The monoisotopic (exact) mass is 284 g/mol. The highest BCUT2D eigenvalue weighted by atomic mass is 35.5. The number of aromatic amines is 1. The van der Waals surface area contributed by atoms with Crippen molar-refractivity contribution < 1.29 is 9.00 Å². The molecular weight excluding hydrogens is 272 g/mol. The van der Waals surface area contributed by atoms with E-state index in [-0.39, 0.29) is 5.91 Å². The molecular formula is C12H13ClN2O2S. The molecule has 2 aromatic rings. The highest BCUT2D eigenvalue weighted by Crippen LogP contribution is 2.23. The molecule has 96 valence electrons. The average Bonchev–Trinajstić information content (AvgIpc) is 2.74. The minimum Gasteiger partial charge on any atom is -0.350 e. The third-order valence-electron chi connectivity index (χ3n) is 2.53. The predicted octanol–water partition coefficient (Wildman–Crippen LogP) is 1.93. The second kappa shape index (κ2) is 5.54. The Morgan fingerprint density at radius 2 is 2.28 bits per heavy atom. The van der Waals surface area contributed by atoms with Crippen molar-refractivity contribution >= 4 is 39.2 Å². The lowest BCUT2D eigenvalue weighted by molar-refractivity contribution is 0.0952. The van der Waals surface area contributed by atoms with Crippen molar-refractivity contribution in [3.8, 4) is 0 Å². The number of nitrogens with one attached hydrogen (secondary N) is 2. The first-order chi connectivity index (χ1) is 8.58. The van der Waals surface area contributed by atoms with Gasteiger partial charge in [0.1, 0.15) is 5.69 Å². The number of benzene rings is 1. The molecule has 1 atom stereocenters. The molecule has 6 heteroatoms. The highest BCUT2D eigenvalue weighted by molar-refractivity contribution is 7.84. The van der Waals surface area contributed by atoms with Gasteiger partial charge in [0, 0.05) is 45.3 Å². The van der Waals surface area contributed by atoms with E-state index in [0.717, 1.165) is 10.9 Å². The molecule has 18 heavy (non-hydrogen) atoms. The number of aromatic nitrogens is 1. The van der Waals surface area contributed by atoms with Crippen LogP contribution in [0.25, 0.3) is 10.9 Å². The lowest BCUT2D eigenvalue weighted by atomic mass is 10.2. The van der Waals surface area contributed by atoms with E-state index in [4.69, 9.17) is 11.6 Å². The van der Waals surface area contributed by atoms with Gasteiger partial charge < -0.3 is 10.3 Å². The first-order valence-corrected chi connectivity index (χ1v) is 7.54. The van der Waals surface area contributed by atoms with Gasteiger partial charge >= 0.3 is 0 Å². The maximum Gasteiger partial charge on any atom is 0.267 e. The SMILES string of the molecule is C[S@](=O)CCNC(=O)c1cc2c(Cl)cccc2[nH]1. The summed E-state index contributed by atoms with van der Waals surface area (Å²) >= 11 is 6.03. The van der Waals surface area contributed by atoms with Gasteiger partial charge in [-0.15, -0.1) is 0 Å². The van der Waals surface area contributed by atoms with Gasteiger partial charge in [0.2, 0.25) is 0 Å². The van der Waals surface area contributed by atoms with Crippen LogP contribution >= 0.6 is 11.6 Å². The van der Waals surface area contributed by atoms with Crippen LogP contribution in [0.5, 0.6) is 0 Å². The molecule has 0 aliphatic carbocycles. The second-order valence-electron chi connectivity index (χ2n) is 3.92. The summed E-state index contributed by atoms with van der Waals surface area (Å²) in [4.78, 5) is 14.8. The zero-order valence-corrected chi connectivity index (χ0v) is 11.4. The molecule has 0 radical (unpaired) electrons. The van der Waals surface area contributed by atoms with Gasteiger partial charge in [-0.3, -0.25) is 9.00 Å². The summed E-state index contributed by atoms with van der Waals surface area (Å²) in [6, 6.07) is 7.18. The fourth-order valence-electron chi connectivity index (χ4n) is 1.64. The van der Waals surface area contributed by atoms with E-state index in [1.165, 1.54) is 0 Å². The van der Waals surface area contributed by atoms with E-state index in [0.29, 0.717) is 23.0 Å². The van der Waals surface area contributed by atoms with Crippen LogP contribution in [0, 0.1) is 0 Å². The number of amides is 1. The van der Waals surface area contributed by atoms with Crippen molar-refractivity contribution in [2.45, 2.75) is 0 Å². The molecule has 1 aromatic heterocycles. The number of carbonyl (C=O) groups excluding carboxylic acids is 1. The maximum atomic E-state index is 11.8. The Morgan fingerprint density at radius 3 is 2.94 bits per heavy atom. The molecule has 0 fully saturated rings. The second-order valence-corrected chi connectivity index (χ2v) is 5.88. The van der Waals surface area contributed by atoms with E-state index in [1.807, 2.05) is 12.1 Å². The molecule has 1 aromatic carbocycles. The topological polar surface area (TPSA) is 62.0 Å². The van der Waals surface area contributed by atoms with Crippen molar-refractivity contribution in [1.82, 2.24) is 10.3 Å². The average molecular weight is 285 g/mol. The van der Waals surface area contributed by atoms with E-state index < -0.39 is 10.8 Å². The van der Waals surface area contributed by atoms with E-state index in [9.17, 15) is 9.00 Å². The number of rotatable bonds is 4. The minimum absolute atomic E-state index is 0.215. The first kappa shape index (κ1) is 13.1. The third kappa shape index (κ3) is 2.91. The van der Waals surface area contributed by atoms with Crippen molar-refractivity contribution in [1.29, 1.82) is 0 Å². The fourth-order valence-corrected chi connectivity index (χ4v) is 2.26. The lowest BCUT2D eigenvalue weighted by Gasteiger charge is -2.01. The predicted molar refractivity (Wildman–Crippen MR) is 74.6 cm³/mol. The molecule has 4 nitrogen and oxygen atoms in total. The Balaban J connectivity index is 2.13. The molecule has 0 spiro atoms. The molecule has 1 amide bonds. The van der Waals surface area contributed by atoms with Gasteiger partial charge in [-0.25, -0.2) is 0 Å². The summed E-state index contributed by atoms with van der Waals surface area (Å²) in [6.45, 7) is 0.394. The first-order valence-electron chi connectivity index (χ1n) is 5.43. The van der Waals surface area contributed by atoms with E-state index >= 15 is 0 Å². The normalized spacial score (nSPS) is 12.6. The number of H-pyrrole nitrogens is 1. The Labute approximate surface area is 112 Å². The lowest BCUT2D eigenvalue weighted by Crippen LogP contribution is -2.27. The van der Waals surface area contributed by atoms with Crippen LogP contribution < -0.4 is 5.32 Å². The Bertz CT molecular complexity index is 609. The fraction of sp³-hybridized carbons (Fsp3) is 0.250. The van der Waals surface area contributed by atoms with Crippen LogP contribution in [0.3, 0.4) is 0 Å². The smallest absolute Gasteiger partial charge is 0.267 e. The highest BCUT2D eigenvalue weighted by Gasteiger charge is 2.10. The van der Waals surface area contributed by atoms with Crippen LogP contribution in [0.15, 0.2) is 24.3 Å². The summed E-state index contributed by atoms with van der Waals surface area (Å²) in [5, 5.41) is 4.14. The summed E-state index contributed by atoms with van der Waals surface area (Å²) in [6.07, 6.45) is 1.61. The Hall–Kier alpha value is -1.33.